The Morgan fingerprint density at radius 2 is 1.92 bits per heavy atom. The maximum Gasteiger partial charge on any atom is 0.161 e. The van der Waals surface area contributed by atoms with Crippen LogP contribution in [0, 0.1) is 6.92 Å². The highest BCUT2D eigenvalue weighted by Gasteiger charge is 2.16. The van der Waals surface area contributed by atoms with E-state index >= 15 is 0 Å². The fourth-order valence-electron chi connectivity index (χ4n) is 3.04. The van der Waals surface area contributed by atoms with Crippen LogP contribution in [-0.4, -0.2) is 19.5 Å². The minimum absolute atomic E-state index is 0.866. The Morgan fingerprint density at radius 1 is 1.08 bits per heavy atom. The fourth-order valence-corrected chi connectivity index (χ4v) is 3.42. The Hall–Kier alpha value is -2.27. The van der Waals surface area contributed by atoms with Gasteiger partial charge in [-0.25, -0.2) is 15.0 Å². The number of pyridine rings is 2. The number of halogens is 1. The lowest BCUT2D eigenvalue weighted by atomic mass is 10.1. The van der Waals surface area contributed by atoms with Gasteiger partial charge in [0.25, 0.3) is 0 Å². The molecule has 3 aromatic heterocycles. The molecule has 3 heterocycles. The molecule has 5 heteroatoms. The summed E-state index contributed by atoms with van der Waals surface area (Å²) in [5.74, 6) is 0.866. The van der Waals surface area contributed by atoms with Crippen molar-refractivity contribution in [3.8, 4) is 11.5 Å². The monoisotopic (exact) mass is 380 g/mol. The van der Waals surface area contributed by atoms with Gasteiger partial charge < -0.3 is 4.57 Å². The summed E-state index contributed by atoms with van der Waals surface area (Å²) in [6.07, 6.45) is 2.78. The molecular weight excluding hydrogens is 364 g/mol. The molecule has 0 saturated carbocycles. The Morgan fingerprint density at radius 3 is 2.71 bits per heavy atom. The maximum absolute atomic E-state index is 4.90. The molecule has 0 radical (unpaired) electrons. The van der Waals surface area contributed by atoms with Crippen LogP contribution in [0.5, 0.6) is 0 Å². The van der Waals surface area contributed by atoms with Crippen molar-refractivity contribution >= 4 is 38.0 Å². The number of rotatable bonds is 2. The number of imidazole rings is 1. The van der Waals surface area contributed by atoms with Crippen molar-refractivity contribution in [1.82, 2.24) is 19.5 Å². The van der Waals surface area contributed by atoms with Crippen molar-refractivity contribution in [2.75, 3.05) is 0 Å². The zero-order chi connectivity index (χ0) is 16.8. The highest BCUT2D eigenvalue weighted by Crippen LogP contribution is 2.29. The molecule has 0 unspecified atom stereocenters. The summed E-state index contributed by atoms with van der Waals surface area (Å²) in [5.41, 5.74) is 6.00. The number of nitrogens with zero attached hydrogens (tertiary/aromatic N) is 4. The van der Waals surface area contributed by atoms with Gasteiger partial charge in [0.15, 0.2) is 11.5 Å². The van der Waals surface area contributed by atoms with Crippen molar-refractivity contribution in [2.45, 2.75) is 20.3 Å². The predicted molar refractivity (Wildman–Crippen MR) is 101 cm³/mol. The normalized spacial score (nSPS) is 11.5. The van der Waals surface area contributed by atoms with Gasteiger partial charge in [-0.3, -0.25) is 0 Å². The van der Waals surface area contributed by atoms with Gasteiger partial charge >= 0.3 is 0 Å². The summed E-state index contributed by atoms with van der Waals surface area (Å²) in [7, 11) is 2.00. The molecular formula is C19H17BrN4. The highest BCUT2D eigenvalue weighted by atomic mass is 79.9. The average Bonchev–Trinajstić information content (AvgIpc) is 2.89. The lowest BCUT2D eigenvalue weighted by Crippen LogP contribution is -2.00. The van der Waals surface area contributed by atoms with Gasteiger partial charge in [-0.15, -0.1) is 0 Å². The molecule has 4 nitrogen and oxygen atoms in total. The van der Waals surface area contributed by atoms with Crippen LogP contribution in [-0.2, 0) is 13.5 Å². The van der Waals surface area contributed by atoms with E-state index in [-0.39, 0.29) is 0 Å². The summed E-state index contributed by atoms with van der Waals surface area (Å²) in [6, 6.07) is 10.4. The van der Waals surface area contributed by atoms with Crippen LogP contribution in [0.4, 0.5) is 0 Å². The van der Waals surface area contributed by atoms with Crippen LogP contribution in [0.1, 0.15) is 18.1 Å². The first-order valence-corrected chi connectivity index (χ1v) is 8.74. The summed E-state index contributed by atoms with van der Waals surface area (Å²) < 4.78 is 3.09. The minimum atomic E-state index is 0.866. The number of hydrogen-bond acceptors (Lipinski definition) is 3. The Balaban J connectivity index is 2.01. The second-order valence-electron chi connectivity index (χ2n) is 6.04. The Kier molecular flexibility index (Phi) is 3.61. The lowest BCUT2D eigenvalue weighted by Gasteiger charge is -2.09. The first kappa shape index (κ1) is 15.3. The number of benzene rings is 1. The first-order valence-electron chi connectivity index (χ1n) is 7.95. The number of hydrogen-bond donors (Lipinski definition) is 0. The topological polar surface area (TPSA) is 43.6 Å². The van der Waals surface area contributed by atoms with Gasteiger partial charge in [-0.2, -0.15) is 0 Å². The molecule has 0 atom stereocenters. The quantitative estimate of drug-likeness (QED) is 0.500. The smallest absolute Gasteiger partial charge is 0.161 e. The van der Waals surface area contributed by atoms with Gasteiger partial charge in [0, 0.05) is 23.1 Å². The van der Waals surface area contributed by atoms with E-state index in [9.17, 15) is 0 Å². The predicted octanol–water partition coefficient (Wildman–Crippen LogP) is 4.82. The van der Waals surface area contributed by atoms with Gasteiger partial charge in [-0.05, 0) is 54.8 Å². The molecule has 0 amide bonds. The van der Waals surface area contributed by atoms with E-state index in [0.29, 0.717) is 0 Å². The molecule has 0 bridgehead atoms. The first-order chi connectivity index (χ1) is 11.6. The van der Waals surface area contributed by atoms with Crippen LogP contribution in [0.3, 0.4) is 0 Å². The third-order valence-corrected chi connectivity index (χ3v) is 4.79. The lowest BCUT2D eigenvalue weighted by molar-refractivity contribution is 0.929. The van der Waals surface area contributed by atoms with Crippen LogP contribution < -0.4 is 0 Å². The molecule has 0 N–H and O–H groups in total. The zero-order valence-electron chi connectivity index (χ0n) is 13.8. The molecule has 0 spiro atoms. The SMILES string of the molecule is CCc1cc2cc(Br)ccc2nc1-c1nc2cc(C)cnc2n1C. The van der Waals surface area contributed by atoms with E-state index in [4.69, 9.17) is 9.97 Å². The van der Waals surface area contributed by atoms with E-state index in [2.05, 4.69) is 46.0 Å². The molecule has 4 rings (SSSR count). The molecule has 0 fully saturated rings. The van der Waals surface area contributed by atoms with Crippen molar-refractivity contribution in [2.24, 2.45) is 7.05 Å². The maximum atomic E-state index is 4.90. The van der Waals surface area contributed by atoms with Gasteiger partial charge in [0.1, 0.15) is 11.2 Å². The molecule has 0 saturated heterocycles. The van der Waals surface area contributed by atoms with Crippen LogP contribution >= 0.6 is 15.9 Å². The second kappa shape index (κ2) is 5.67. The molecule has 0 aliphatic rings. The largest absolute Gasteiger partial charge is 0.311 e. The Bertz CT molecular complexity index is 1080. The fraction of sp³-hybridized carbons (Fsp3) is 0.211. The minimum Gasteiger partial charge on any atom is -0.311 e. The summed E-state index contributed by atoms with van der Waals surface area (Å²) in [5, 5.41) is 1.14. The van der Waals surface area contributed by atoms with Crippen LogP contribution in [0.25, 0.3) is 33.6 Å². The Labute approximate surface area is 148 Å². The molecule has 120 valence electrons. The second-order valence-corrected chi connectivity index (χ2v) is 6.95. The summed E-state index contributed by atoms with van der Waals surface area (Å²) in [6.45, 7) is 4.18. The van der Waals surface area contributed by atoms with Gasteiger partial charge in [0.05, 0.1) is 5.52 Å². The number of aromatic nitrogens is 4. The standard InChI is InChI=1S/C19H17BrN4/c1-4-12-8-13-9-14(20)5-6-15(13)22-17(12)19-23-16-7-11(2)10-21-18(16)24(19)3/h5-10H,4H2,1-3H3. The van der Waals surface area contributed by atoms with Crippen LogP contribution in [0.2, 0.25) is 0 Å². The van der Waals surface area contributed by atoms with E-state index in [1.54, 1.807) is 0 Å². The van der Waals surface area contributed by atoms with Gasteiger partial charge in [-0.1, -0.05) is 22.9 Å². The number of aryl methyl sites for hydroxylation is 3. The highest BCUT2D eigenvalue weighted by molar-refractivity contribution is 9.10. The van der Waals surface area contributed by atoms with Crippen molar-refractivity contribution in [3.63, 3.8) is 0 Å². The third-order valence-electron chi connectivity index (χ3n) is 4.29. The van der Waals surface area contributed by atoms with Gasteiger partial charge in [0.2, 0.25) is 0 Å². The molecule has 4 aromatic rings. The molecule has 24 heavy (non-hydrogen) atoms. The summed E-state index contributed by atoms with van der Waals surface area (Å²) >= 11 is 3.53. The molecule has 0 aliphatic carbocycles. The number of fused-ring (bicyclic) bond motifs is 2. The van der Waals surface area contributed by atoms with Crippen molar-refractivity contribution in [1.29, 1.82) is 0 Å². The third kappa shape index (κ3) is 2.40. The average molecular weight is 381 g/mol. The molecule has 0 aliphatic heterocycles. The van der Waals surface area contributed by atoms with Crippen LogP contribution in [0.15, 0.2) is 41.0 Å². The summed E-state index contributed by atoms with van der Waals surface area (Å²) in [4.78, 5) is 14.2. The van der Waals surface area contributed by atoms with Crippen molar-refractivity contribution < 1.29 is 0 Å². The van der Waals surface area contributed by atoms with E-state index < -0.39 is 0 Å². The van der Waals surface area contributed by atoms with Crippen molar-refractivity contribution in [3.05, 3.63) is 52.1 Å². The van der Waals surface area contributed by atoms with E-state index in [0.717, 1.165) is 50.0 Å². The zero-order valence-corrected chi connectivity index (χ0v) is 15.4. The van der Waals surface area contributed by atoms with E-state index in [1.165, 1.54) is 5.56 Å². The van der Waals surface area contributed by atoms with E-state index in [1.807, 2.05) is 36.9 Å². The molecule has 1 aromatic carbocycles.